The molecule has 0 aliphatic heterocycles. The number of rotatable bonds is 0. The molecule has 0 radical (unpaired) electrons. The van der Waals surface area contributed by atoms with Crippen LogP contribution in [0.3, 0.4) is 0 Å². The molecule has 0 nitrogen and oxygen atoms in total. The summed E-state index contributed by atoms with van der Waals surface area (Å²) in [5.41, 5.74) is 0. The Morgan fingerprint density at radius 3 is 1.00 bits per heavy atom. The zero-order valence-electron chi connectivity index (χ0n) is 7.96. The summed E-state index contributed by atoms with van der Waals surface area (Å²) in [6.07, 6.45) is 0. The standard InChI is InChI=1S/2C4H9.ClH.Ga/c2*1-4(2)3;;/h2*1-3H3;1H;/q;;;+1/p-1. The Morgan fingerprint density at radius 1 is 0.800 bits per heavy atom. The Hall–Kier alpha value is 0.926. The van der Waals surface area contributed by atoms with E-state index in [4.69, 9.17) is 9.64 Å². The molecule has 10 heavy (non-hydrogen) atoms. The van der Waals surface area contributed by atoms with Gasteiger partial charge in [-0.1, -0.05) is 0 Å². The van der Waals surface area contributed by atoms with Crippen LogP contribution >= 0.6 is 9.64 Å². The van der Waals surface area contributed by atoms with Crippen LogP contribution in [0.25, 0.3) is 0 Å². The normalized spacial score (nSPS) is 13.5. The third-order valence-corrected chi connectivity index (χ3v) is 14.7. The fourth-order valence-electron chi connectivity index (χ4n) is 1.30. The maximum atomic E-state index is 6.42. The van der Waals surface area contributed by atoms with Crippen LogP contribution in [0, 0.1) is 0 Å². The predicted octanol–water partition coefficient (Wildman–Crippen LogP) is 3.82. The minimum atomic E-state index is -1.58. The van der Waals surface area contributed by atoms with Crippen molar-refractivity contribution in [1.82, 2.24) is 0 Å². The predicted molar refractivity (Wildman–Crippen MR) is 51.0 cm³/mol. The average Bonchev–Trinajstić information content (AvgIpc) is 1.59. The van der Waals surface area contributed by atoms with Gasteiger partial charge in [0.1, 0.15) is 0 Å². The van der Waals surface area contributed by atoms with Crippen molar-refractivity contribution >= 4 is 24.9 Å². The SMILES string of the molecule is C[C](C)(C)[Ga]([Cl])[C](C)(C)C. The van der Waals surface area contributed by atoms with Gasteiger partial charge in [0.2, 0.25) is 0 Å². The Kier molecular flexibility index (Phi) is 3.41. The van der Waals surface area contributed by atoms with Gasteiger partial charge in [0, 0.05) is 0 Å². The molecule has 0 saturated heterocycles. The summed E-state index contributed by atoms with van der Waals surface area (Å²) in [6.45, 7) is 13.6. The topological polar surface area (TPSA) is 0 Å². The fraction of sp³-hybridized carbons (Fsp3) is 1.00. The first-order valence-corrected chi connectivity index (χ1v) is 9.40. The zero-order valence-corrected chi connectivity index (χ0v) is 11.1. The van der Waals surface area contributed by atoms with E-state index in [0.29, 0.717) is 7.94 Å². The maximum absolute atomic E-state index is 6.42. The van der Waals surface area contributed by atoms with Gasteiger partial charge in [-0.15, -0.1) is 0 Å². The van der Waals surface area contributed by atoms with E-state index < -0.39 is 15.2 Å². The fourth-order valence-corrected chi connectivity index (χ4v) is 6.75. The molecule has 0 spiro atoms. The molecule has 0 atom stereocenters. The molecule has 2 heteroatoms. The first-order chi connectivity index (χ1) is 4.15. The van der Waals surface area contributed by atoms with Crippen LogP contribution in [0.1, 0.15) is 41.5 Å². The van der Waals surface area contributed by atoms with Gasteiger partial charge in [0.05, 0.1) is 0 Å². The molecule has 0 bridgehead atoms. The molecule has 0 heterocycles. The van der Waals surface area contributed by atoms with Crippen molar-refractivity contribution in [2.75, 3.05) is 0 Å². The number of hydrogen-bond donors (Lipinski definition) is 0. The van der Waals surface area contributed by atoms with Crippen molar-refractivity contribution in [2.24, 2.45) is 0 Å². The van der Waals surface area contributed by atoms with Gasteiger partial charge in [0.25, 0.3) is 0 Å². The molecule has 0 amide bonds. The third-order valence-electron chi connectivity index (χ3n) is 1.52. The molecule has 0 aromatic heterocycles. The van der Waals surface area contributed by atoms with E-state index in [-0.39, 0.29) is 0 Å². The van der Waals surface area contributed by atoms with Gasteiger partial charge in [-0.25, -0.2) is 0 Å². The van der Waals surface area contributed by atoms with Crippen molar-refractivity contribution in [1.29, 1.82) is 0 Å². The van der Waals surface area contributed by atoms with Crippen molar-refractivity contribution in [3.05, 3.63) is 0 Å². The molecule has 0 aromatic carbocycles. The third kappa shape index (κ3) is 3.36. The van der Waals surface area contributed by atoms with Gasteiger partial charge in [0.15, 0.2) is 0 Å². The average molecular weight is 219 g/mol. The van der Waals surface area contributed by atoms with Crippen LogP contribution in [0.5, 0.6) is 0 Å². The van der Waals surface area contributed by atoms with E-state index in [0.717, 1.165) is 0 Å². The van der Waals surface area contributed by atoms with Crippen molar-refractivity contribution in [2.45, 2.75) is 49.5 Å². The second kappa shape index (κ2) is 3.12. The molecule has 0 unspecified atom stereocenters. The summed E-state index contributed by atoms with van der Waals surface area (Å²) >= 11 is -1.58. The molecular formula is C8H18ClGa. The Labute approximate surface area is 74.4 Å². The van der Waals surface area contributed by atoms with Crippen LogP contribution in [0.4, 0.5) is 0 Å². The van der Waals surface area contributed by atoms with Crippen LogP contribution < -0.4 is 0 Å². The van der Waals surface area contributed by atoms with E-state index in [2.05, 4.69) is 41.5 Å². The van der Waals surface area contributed by atoms with Crippen molar-refractivity contribution in [3.63, 3.8) is 0 Å². The van der Waals surface area contributed by atoms with Crippen molar-refractivity contribution in [3.8, 4) is 0 Å². The zero-order chi connectivity index (χ0) is 8.58. The second-order valence-corrected chi connectivity index (χ2v) is 16.2. The van der Waals surface area contributed by atoms with Gasteiger partial charge in [-0.2, -0.15) is 0 Å². The first-order valence-electron chi connectivity index (χ1n) is 3.80. The summed E-state index contributed by atoms with van der Waals surface area (Å²) in [7, 11) is 6.42. The number of halogens is 1. The van der Waals surface area contributed by atoms with E-state index in [9.17, 15) is 0 Å². The monoisotopic (exact) mass is 218 g/mol. The van der Waals surface area contributed by atoms with E-state index >= 15 is 0 Å². The van der Waals surface area contributed by atoms with Crippen LogP contribution in [-0.4, -0.2) is 15.2 Å². The van der Waals surface area contributed by atoms with E-state index in [1.807, 2.05) is 0 Å². The molecule has 0 fully saturated rings. The van der Waals surface area contributed by atoms with Gasteiger partial charge in [-0.3, -0.25) is 0 Å². The molecule has 60 valence electrons. The van der Waals surface area contributed by atoms with Crippen LogP contribution in [0.2, 0.25) is 7.94 Å². The van der Waals surface area contributed by atoms with Gasteiger partial charge >= 0.3 is 74.3 Å². The summed E-state index contributed by atoms with van der Waals surface area (Å²) < 4.78 is 0.791. The molecule has 0 N–H and O–H groups in total. The molecule has 0 rings (SSSR count). The molecule has 0 aromatic rings. The molecular weight excluding hydrogens is 201 g/mol. The van der Waals surface area contributed by atoms with Gasteiger partial charge in [-0.05, 0) is 0 Å². The summed E-state index contributed by atoms with van der Waals surface area (Å²) in [4.78, 5) is 0. The van der Waals surface area contributed by atoms with E-state index in [1.54, 1.807) is 0 Å². The summed E-state index contributed by atoms with van der Waals surface area (Å²) in [5.74, 6) is 0. The first kappa shape index (κ1) is 10.9. The molecule has 0 saturated carbocycles. The Morgan fingerprint density at radius 2 is 1.00 bits per heavy atom. The molecule has 0 aliphatic carbocycles. The van der Waals surface area contributed by atoms with Crippen molar-refractivity contribution < 1.29 is 0 Å². The summed E-state index contributed by atoms with van der Waals surface area (Å²) in [6, 6.07) is 0. The second-order valence-electron chi connectivity index (χ2n) is 5.09. The Bertz CT molecular complexity index is 93.4. The number of hydrogen-bond acceptors (Lipinski definition) is 0. The minimum absolute atomic E-state index is 0.396. The van der Waals surface area contributed by atoms with E-state index in [1.165, 1.54) is 0 Å². The quantitative estimate of drug-likeness (QED) is 0.543. The Balaban J connectivity index is 4.23. The van der Waals surface area contributed by atoms with Crippen LogP contribution in [0.15, 0.2) is 0 Å². The van der Waals surface area contributed by atoms with Crippen LogP contribution in [-0.2, 0) is 0 Å². The summed E-state index contributed by atoms with van der Waals surface area (Å²) in [5, 5.41) is 0. The van der Waals surface area contributed by atoms with Gasteiger partial charge < -0.3 is 0 Å². The molecule has 0 aliphatic rings.